The van der Waals surface area contributed by atoms with Crippen LogP contribution in [0.3, 0.4) is 0 Å². The van der Waals surface area contributed by atoms with E-state index < -0.39 is 82.2 Å². The second-order valence-electron chi connectivity index (χ2n) is 9.91. The predicted molar refractivity (Wildman–Crippen MR) is 162 cm³/mol. The van der Waals surface area contributed by atoms with Gasteiger partial charge in [0.05, 0.1) is 33.1 Å². The zero-order valence-corrected chi connectivity index (χ0v) is 25.9. The van der Waals surface area contributed by atoms with Crippen molar-refractivity contribution in [3.63, 3.8) is 0 Å². The van der Waals surface area contributed by atoms with Gasteiger partial charge in [-0.25, -0.2) is 0 Å². The molecule has 20 heteroatoms. The topological polar surface area (TPSA) is 281 Å². The third kappa shape index (κ3) is 5.56. The van der Waals surface area contributed by atoms with Gasteiger partial charge in [-0.3, -0.25) is 18.2 Å². The van der Waals surface area contributed by atoms with E-state index in [0.29, 0.717) is 5.56 Å². The number of hydrogen-bond acceptors (Lipinski definition) is 8. The van der Waals surface area contributed by atoms with Crippen molar-refractivity contribution in [3.05, 3.63) is 123 Å². The lowest BCUT2D eigenvalue weighted by molar-refractivity contribution is 0.482. The summed E-state index contributed by atoms with van der Waals surface area (Å²) >= 11 is 0. The smallest absolute Gasteiger partial charge is 0.298 e. The highest BCUT2D eigenvalue weighted by Crippen LogP contribution is 2.26. The maximum atomic E-state index is 12.8. The number of aromatic amines is 4. The van der Waals surface area contributed by atoms with Crippen LogP contribution in [0.15, 0.2) is 77.7 Å². The normalized spacial score (nSPS) is 14.6. The molecule has 1 aliphatic heterocycles. The number of hydrogen-bond donors (Lipinski definition) is 8. The lowest BCUT2D eigenvalue weighted by Gasteiger charge is -2.07. The number of rotatable bonds is 5. The maximum Gasteiger partial charge on any atom is 0.298 e. The van der Waals surface area contributed by atoms with Gasteiger partial charge in [0.1, 0.15) is 19.6 Å². The Labute approximate surface area is 259 Å². The third-order valence-electron chi connectivity index (χ3n) is 6.94. The molecular formula is C26H20N4O12S4. The quantitative estimate of drug-likeness (QED) is 0.101. The molecule has 1 aromatic carbocycles. The van der Waals surface area contributed by atoms with Gasteiger partial charge in [-0.15, -0.1) is 0 Å². The summed E-state index contributed by atoms with van der Waals surface area (Å²) < 4.78 is 142. The second kappa shape index (κ2) is 10.5. The Balaban J connectivity index is 1.95. The minimum absolute atomic E-state index is 0.0941. The molecule has 0 saturated heterocycles. The van der Waals surface area contributed by atoms with Gasteiger partial charge in [-0.1, -0.05) is 30.3 Å². The van der Waals surface area contributed by atoms with Crippen molar-refractivity contribution in [3.8, 4) is 0 Å². The molecular weight excluding hydrogens is 689 g/mol. The van der Waals surface area contributed by atoms with Crippen LogP contribution in [0, 0.1) is 0 Å². The average Bonchev–Trinajstić information content (AvgIpc) is 3.72. The van der Waals surface area contributed by atoms with Crippen molar-refractivity contribution in [1.82, 2.24) is 19.9 Å². The molecule has 0 atom stereocenters. The zero-order valence-electron chi connectivity index (χ0n) is 22.6. The molecule has 0 saturated carbocycles. The molecule has 16 nitrogen and oxygen atoms in total. The fourth-order valence-corrected chi connectivity index (χ4v) is 8.39. The summed E-state index contributed by atoms with van der Waals surface area (Å²) in [6.07, 6.45) is 0. The summed E-state index contributed by atoms with van der Waals surface area (Å²) in [7, 11) is -20.8. The highest BCUT2D eigenvalue weighted by molar-refractivity contribution is 7.96. The Morgan fingerprint density at radius 2 is 0.891 bits per heavy atom. The number of aromatic nitrogens is 4. The van der Waals surface area contributed by atoms with Gasteiger partial charge < -0.3 is 19.9 Å². The molecule has 240 valence electrons. The molecule has 6 rings (SSSR count). The van der Waals surface area contributed by atoms with E-state index in [1.54, 1.807) is 30.3 Å². The number of nitrogens with one attached hydrogen (secondary N) is 4. The minimum Gasteiger partial charge on any atom is -0.354 e. The Bertz CT molecular complexity index is 2790. The van der Waals surface area contributed by atoms with Crippen LogP contribution in [-0.4, -0.2) is 71.8 Å². The summed E-state index contributed by atoms with van der Waals surface area (Å²) in [5, 5.41) is -1.73. The molecule has 0 fully saturated rings. The summed E-state index contributed by atoms with van der Waals surface area (Å²) in [6.45, 7) is 0. The van der Waals surface area contributed by atoms with Gasteiger partial charge in [0.2, 0.25) is 0 Å². The molecule has 0 amide bonds. The molecule has 5 heterocycles. The van der Waals surface area contributed by atoms with Crippen LogP contribution in [0.1, 0.15) is 28.3 Å². The Morgan fingerprint density at radius 1 is 0.435 bits per heavy atom. The van der Waals surface area contributed by atoms with E-state index in [2.05, 4.69) is 19.9 Å². The zero-order chi connectivity index (χ0) is 33.4. The van der Waals surface area contributed by atoms with Gasteiger partial charge in [0, 0.05) is 16.6 Å². The third-order valence-corrected chi connectivity index (χ3v) is 10.7. The standard InChI is InChI=1S/C26H20N4O12S4/c31-43(32,33)21-12-20-22(13-4-2-1-3-5-13)14-6-7-15(27-14)24(44(34,35)36)16-8-9-17(28-16)25(45(37,38)39)18-10-11-19(29-18)26(23(21)30-20)46(40,41)42/h1-12,27-30H,(H,31,32,33)(H,34,35,36)(H,37,38,39)(H,40,41,42). The summed E-state index contributed by atoms with van der Waals surface area (Å²) in [4.78, 5) is 6.59. The molecule has 0 aliphatic carbocycles. The van der Waals surface area contributed by atoms with Gasteiger partial charge in [-0.05, 0) is 48.0 Å². The molecule has 8 N–H and O–H groups in total. The first kappa shape index (κ1) is 31.4. The van der Waals surface area contributed by atoms with E-state index >= 15 is 0 Å². The van der Waals surface area contributed by atoms with Gasteiger partial charge in [0.25, 0.3) is 40.5 Å². The lowest BCUT2D eigenvalue weighted by Crippen LogP contribution is -2.24. The number of H-pyrrole nitrogens is 4. The predicted octanol–water partition coefficient (Wildman–Crippen LogP) is -1.06. The van der Waals surface area contributed by atoms with Crippen LogP contribution in [0.5, 0.6) is 0 Å². The van der Waals surface area contributed by atoms with E-state index in [1.165, 1.54) is 12.1 Å². The van der Waals surface area contributed by atoms with Crippen LogP contribution >= 0.6 is 0 Å². The van der Waals surface area contributed by atoms with Crippen molar-refractivity contribution >= 4 is 60.8 Å². The first-order valence-corrected chi connectivity index (χ1v) is 18.4. The highest BCUT2D eigenvalue weighted by atomic mass is 32.2. The summed E-state index contributed by atoms with van der Waals surface area (Å²) in [5.41, 5.74) is -0.701. The van der Waals surface area contributed by atoms with Crippen molar-refractivity contribution in [2.24, 2.45) is 0 Å². The monoisotopic (exact) mass is 708 g/mol. The molecule has 8 bridgehead atoms. The first-order chi connectivity index (χ1) is 21.3. The second-order valence-corrected chi connectivity index (χ2v) is 15.4. The van der Waals surface area contributed by atoms with Crippen LogP contribution < -0.4 is 21.4 Å². The van der Waals surface area contributed by atoms with Crippen molar-refractivity contribution in [2.75, 3.05) is 0 Å². The van der Waals surface area contributed by atoms with E-state index in [1.807, 2.05) is 0 Å². The molecule has 46 heavy (non-hydrogen) atoms. The first-order valence-electron chi connectivity index (χ1n) is 12.6. The van der Waals surface area contributed by atoms with Crippen molar-refractivity contribution in [1.29, 1.82) is 0 Å². The fraction of sp³-hybridized carbons (Fsp3) is 0. The molecule has 0 unspecified atom stereocenters. The minimum atomic E-state index is -5.37. The number of fused-ring (bicyclic) bond motifs is 8. The van der Waals surface area contributed by atoms with Crippen LogP contribution in [0.2, 0.25) is 0 Å². The molecule has 0 radical (unpaired) electrons. The van der Waals surface area contributed by atoms with E-state index in [9.17, 15) is 51.9 Å². The fourth-order valence-electron chi connectivity index (χ4n) is 5.25. The SMILES string of the molecule is O=S(=O)(O)C1=c2ccc([nH]2)=C(S(=O)(=O)O)c2ccc([nH]2)C(S(=O)(=O)O)=c2[nH]c(cc2S(=O)(=O)O)=C(c2ccccc2)c2ccc1[nH]2. The van der Waals surface area contributed by atoms with Crippen LogP contribution in [0.25, 0.3) is 20.3 Å². The Hall–Kier alpha value is -4.54. The largest absolute Gasteiger partial charge is 0.354 e. The van der Waals surface area contributed by atoms with E-state index in [0.717, 1.165) is 30.3 Å². The molecule has 4 aromatic heterocycles. The Morgan fingerprint density at radius 3 is 1.37 bits per heavy atom. The summed E-state index contributed by atoms with van der Waals surface area (Å²) in [6, 6.07) is 15.7. The van der Waals surface area contributed by atoms with E-state index in [-0.39, 0.29) is 27.7 Å². The maximum absolute atomic E-state index is 12.8. The van der Waals surface area contributed by atoms with Crippen molar-refractivity contribution in [2.45, 2.75) is 4.90 Å². The van der Waals surface area contributed by atoms with Gasteiger partial charge in [-0.2, -0.15) is 33.7 Å². The van der Waals surface area contributed by atoms with Crippen molar-refractivity contribution < 1.29 is 51.9 Å². The van der Waals surface area contributed by atoms with Crippen LogP contribution in [-0.2, 0) is 40.5 Å². The molecule has 1 aliphatic rings. The van der Waals surface area contributed by atoms with Gasteiger partial charge in [0.15, 0.2) is 0 Å². The number of benzene rings is 1. The molecule has 0 spiro atoms. The highest BCUT2D eigenvalue weighted by Gasteiger charge is 2.29. The van der Waals surface area contributed by atoms with E-state index in [4.69, 9.17) is 0 Å². The summed E-state index contributed by atoms with van der Waals surface area (Å²) in [5.74, 6) is 0. The molecule has 5 aromatic rings. The van der Waals surface area contributed by atoms with Crippen LogP contribution in [0.4, 0.5) is 0 Å². The van der Waals surface area contributed by atoms with Gasteiger partial charge >= 0.3 is 0 Å². The Kier molecular flexibility index (Phi) is 7.18. The average molecular weight is 709 g/mol. The lowest BCUT2D eigenvalue weighted by atomic mass is 10.0.